The molecule has 4 nitrogen and oxygen atoms in total. The Morgan fingerprint density at radius 3 is 3.12 bits per heavy atom. The monoisotopic (exact) mass is 231 g/mol. The third-order valence-corrected chi connectivity index (χ3v) is 2.68. The molecule has 0 bridgehead atoms. The van der Waals surface area contributed by atoms with E-state index in [1.807, 2.05) is 24.3 Å². The lowest BCUT2D eigenvalue weighted by molar-refractivity contribution is 0.134. The summed E-state index contributed by atoms with van der Waals surface area (Å²) < 4.78 is 10.3. The van der Waals surface area contributed by atoms with E-state index in [0.717, 1.165) is 11.3 Å². The first-order valence-corrected chi connectivity index (χ1v) is 5.29. The minimum Gasteiger partial charge on any atom is -0.497 e. The van der Waals surface area contributed by atoms with Gasteiger partial charge in [0.25, 0.3) is 0 Å². The Morgan fingerprint density at radius 2 is 2.41 bits per heavy atom. The molecule has 1 fully saturated rings. The predicted molar refractivity (Wildman–Crippen MR) is 62.6 cm³/mol. The second-order valence-electron chi connectivity index (χ2n) is 3.75. The van der Waals surface area contributed by atoms with E-state index in [4.69, 9.17) is 15.9 Å². The summed E-state index contributed by atoms with van der Waals surface area (Å²) in [7, 11) is 1.60. The molecule has 0 saturated carbocycles. The number of terminal acetylenes is 1. The molecule has 2 atom stereocenters. The number of rotatable bonds is 3. The van der Waals surface area contributed by atoms with Crippen LogP contribution in [-0.4, -0.2) is 19.3 Å². The van der Waals surface area contributed by atoms with Gasteiger partial charge in [0, 0.05) is 6.42 Å². The van der Waals surface area contributed by atoms with Gasteiger partial charge < -0.3 is 14.8 Å². The average Bonchev–Trinajstić information content (AvgIpc) is 2.71. The fourth-order valence-corrected chi connectivity index (χ4v) is 1.87. The molecule has 2 rings (SSSR count). The fourth-order valence-electron chi connectivity index (χ4n) is 1.87. The Bertz CT molecular complexity index is 464. The number of hydrogen-bond acceptors (Lipinski definition) is 3. The van der Waals surface area contributed by atoms with Crippen LogP contribution in [0.4, 0.5) is 4.79 Å². The fraction of sp³-hybridized carbons (Fsp3) is 0.308. The highest BCUT2D eigenvalue weighted by molar-refractivity contribution is 5.70. The Kier molecular flexibility index (Phi) is 3.20. The largest absolute Gasteiger partial charge is 0.497 e. The summed E-state index contributed by atoms with van der Waals surface area (Å²) in [4.78, 5) is 11.2. The molecule has 1 amide bonds. The third kappa shape index (κ3) is 2.34. The maximum Gasteiger partial charge on any atom is 0.408 e. The third-order valence-electron chi connectivity index (χ3n) is 2.68. The van der Waals surface area contributed by atoms with Crippen molar-refractivity contribution in [2.45, 2.75) is 18.6 Å². The van der Waals surface area contributed by atoms with Gasteiger partial charge in [-0.2, -0.15) is 0 Å². The molecule has 1 N–H and O–H groups in total. The van der Waals surface area contributed by atoms with Crippen molar-refractivity contribution in [3.8, 4) is 18.1 Å². The number of methoxy groups -OCH3 is 1. The average molecular weight is 231 g/mol. The van der Waals surface area contributed by atoms with Crippen LogP contribution >= 0.6 is 0 Å². The summed E-state index contributed by atoms with van der Waals surface area (Å²) in [5.41, 5.74) is 0.926. The summed E-state index contributed by atoms with van der Waals surface area (Å²) in [6.45, 7) is 0. The molecule has 0 radical (unpaired) electrons. The molecule has 4 heteroatoms. The van der Waals surface area contributed by atoms with Gasteiger partial charge in [0.05, 0.1) is 13.2 Å². The van der Waals surface area contributed by atoms with E-state index in [2.05, 4.69) is 11.2 Å². The Labute approximate surface area is 99.9 Å². The lowest BCUT2D eigenvalue weighted by Crippen LogP contribution is -2.22. The molecule has 88 valence electrons. The van der Waals surface area contributed by atoms with Crippen LogP contribution in [0, 0.1) is 12.3 Å². The first-order valence-electron chi connectivity index (χ1n) is 5.29. The van der Waals surface area contributed by atoms with Crippen molar-refractivity contribution >= 4 is 6.09 Å². The van der Waals surface area contributed by atoms with E-state index in [-0.39, 0.29) is 12.1 Å². The highest BCUT2D eigenvalue weighted by atomic mass is 16.6. The molecule has 0 aliphatic carbocycles. The molecular formula is C13H13NO3. The SMILES string of the molecule is C#CC[C@@H]1OC(=O)N[C@H]1c1cccc(OC)c1. The smallest absolute Gasteiger partial charge is 0.408 e. The number of benzene rings is 1. The van der Waals surface area contributed by atoms with Crippen LogP contribution in [0.25, 0.3) is 0 Å². The molecule has 1 saturated heterocycles. The topological polar surface area (TPSA) is 47.6 Å². The van der Waals surface area contributed by atoms with Gasteiger partial charge in [-0.1, -0.05) is 12.1 Å². The number of amides is 1. The number of carbonyl (C=O) groups is 1. The quantitative estimate of drug-likeness (QED) is 0.808. The molecule has 0 unspecified atom stereocenters. The van der Waals surface area contributed by atoms with E-state index in [9.17, 15) is 4.79 Å². The number of carbonyl (C=O) groups excluding carboxylic acids is 1. The Balaban J connectivity index is 2.25. The van der Waals surface area contributed by atoms with Crippen LogP contribution in [0.3, 0.4) is 0 Å². The zero-order valence-corrected chi connectivity index (χ0v) is 9.47. The maximum atomic E-state index is 11.2. The first kappa shape index (κ1) is 11.3. The van der Waals surface area contributed by atoms with Crippen LogP contribution in [0.2, 0.25) is 0 Å². The number of cyclic esters (lactones) is 1. The van der Waals surface area contributed by atoms with Crippen LogP contribution in [-0.2, 0) is 4.74 Å². The molecule has 1 aliphatic heterocycles. The highest BCUT2D eigenvalue weighted by Gasteiger charge is 2.34. The van der Waals surface area contributed by atoms with E-state index >= 15 is 0 Å². The van der Waals surface area contributed by atoms with Gasteiger partial charge >= 0.3 is 6.09 Å². The van der Waals surface area contributed by atoms with Gasteiger partial charge in [-0.3, -0.25) is 0 Å². The van der Waals surface area contributed by atoms with Gasteiger partial charge in [-0.25, -0.2) is 4.79 Å². The Hall–Kier alpha value is -2.15. The van der Waals surface area contributed by atoms with E-state index < -0.39 is 6.09 Å². The minimum atomic E-state index is -0.432. The summed E-state index contributed by atoms with van der Waals surface area (Å²) in [5, 5.41) is 2.74. The summed E-state index contributed by atoms with van der Waals surface area (Å²) in [5.74, 6) is 3.25. The summed E-state index contributed by atoms with van der Waals surface area (Å²) >= 11 is 0. The second-order valence-corrected chi connectivity index (χ2v) is 3.75. The Morgan fingerprint density at radius 1 is 1.59 bits per heavy atom. The van der Waals surface area contributed by atoms with Crippen molar-refractivity contribution in [2.24, 2.45) is 0 Å². The zero-order chi connectivity index (χ0) is 12.3. The number of ether oxygens (including phenoxy) is 2. The number of nitrogens with one attached hydrogen (secondary N) is 1. The standard InChI is InChI=1S/C13H13NO3/c1-3-5-11-12(14-13(15)17-11)9-6-4-7-10(8-9)16-2/h1,4,6-8,11-12H,5H2,2H3,(H,14,15)/t11-,12-/m0/s1. The molecule has 1 aliphatic rings. The molecule has 17 heavy (non-hydrogen) atoms. The summed E-state index contributed by atoms with van der Waals surface area (Å²) in [6, 6.07) is 7.27. The van der Waals surface area contributed by atoms with Crippen molar-refractivity contribution < 1.29 is 14.3 Å². The van der Waals surface area contributed by atoms with Crippen molar-refractivity contribution in [1.29, 1.82) is 0 Å². The molecule has 1 heterocycles. The van der Waals surface area contributed by atoms with Crippen molar-refractivity contribution in [3.05, 3.63) is 29.8 Å². The van der Waals surface area contributed by atoms with Crippen molar-refractivity contribution in [2.75, 3.05) is 7.11 Å². The molecule has 0 spiro atoms. The van der Waals surface area contributed by atoms with E-state index in [1.165, 1.54) is 0 Å². The van der Waals surface area contributed by atoms with E-state index in [0.29, 0.717) is 6.42 Å². The maximum absolute atomic E-state index is 11.2. The van der Waals surface area contributed by atoms with Gasteiger partial charge in [0.2, 0.25) is 0 Å². The summed E-state index contributed by atoms with van der Waals surface area (Å²) in [6.07, 6.45) is 4.89. The molecule has 1 aromatic carbocycles. The molecular weight excluding hydrogens is 218 g/mol. The predicted octanol–water partition coefficient (Wildman–Crippen LogP) is 1.87. The van der Waals surface area contributed by atoms with Crippen LogP contribution in [0.1, 0.15) is 18.0 Å². The zero-order valence-electron chi connectivity index (χ0n) is 9.47. The lowest BCUT2D eigenvalue weighted by Gasteiger charge is -2.15. The van der Waals surface area contributed by atoms with Gasteiger partial charge in [-0.15, -0.1) is 12.3 Å². The second kappa shape index (κ2) is 4.79. The van der Waals surface area contributed by atoms with E-state index in [1.54, 1.807) is 7.11 Å². The van der Waals surface area contributed by atoms with Gasteiger partial charge in [0.1, 0.15) is 11.9 Å². The number of alkyl carbamates (subject to hydrolysis) is 1. The lowest BCUT2D eigenvalue weighted by atomic mass is 10.00. The minimum absolute atomic E-state index is 0.214. The number of hydrogen-bond donors (Lipinski definition) is 1. The van der Waals surface area contributed by atoms with Gasteiger partial charge in [-0.05, 0) is 17.7 Å². The van der Waals surface area contributed by atoms with Crippen LogP contribution in [0.15, 0.2) is 24.3 Å². The highest BCUT2D eigenvalue weighted by Crippen LogP contribution is 2.28. The van der Waals surface area contributed by atoms with Crippen LogP contribution in [0.5, 0.6) is 5.75 Å². The molecule has 0 aromatic heterocycles. The van der Waals surface area contributed by atoms with Gasteiger partial charge in [0.15, 0.2) is 0 Å². The first-order chi connectivity index (χ1) is 8.24. The molecule has 1 aromatic rings. The van der Waals surface area contributed by atoms with Crippen LogP contribution < -0.4 is 10.1 Å². The van der Waals surface area contributed by atoms with Crippen molar-refractivity contribution in [3.63, 3.8) is 0 Å². The van der Waals surface area contributed by atoms with Crippen molar-refractivity contribution in [1.82, 2.24) is 5.32 Å². The normalized spacial score (nSPS) is 22.5.